The highest BCUT2D eigenvalue weighted by atomic mass is 35.5. The van der Waals surface area contributed by atoms with Crippen molar-refractivity contribution in [1.82, 2.24) is 5.32 Å². The molecule has 1 aromatic rings. The molecule has 0 fully saturated rings. The normalized spacial score (nSPS) is 13.6. The second-order valence-electron chi connectivity index (χ2n) is 5.31. The van der Waals surface area contributed by atoms with Crippen molar-refractivity contribution < 1.29 is 28.2 Å². The lowest BCUT2D eigenvalue weighted by atomic mass is 10.1. The Kier molecular flexibility index (Phi) is 10.2. The summed E-state index contributed by atoms with van der Waals surface area (Å²) in [7, 11) is 0. The van der Waals surface area contributed by atoms with Gasteiger partial charge in [0.2, 0.25) is 0 Å². The van der Waals surface area contributed by atoms with Crippen LogP contribution in [-0.4, -0.2) is 34.9 Å². The number of carbonyl (C=O) groups is 1. The second kappa shape index (κ2) is 10.7. The summed E-state index contributed by atoms with van der Waals surface area (Å²) < 4.78 is 31.7. The van der Waals surface area contributed by atoms with Gasteiger partial charge in [0.05, 0.1) is 21.8 Å². The number of rotatable bonds is 6. The fraction of sp³-hybridized carbons (Fsp3) is 0.533. The van der Waals surface area contributed by atoms with Gasteiger partial charge in [0.1, 0.15) is 0 Å². The van der Waals surface area contributed by atoms with E-state index in [4.69, 9.17) is 38.8 Å². The van der Waals surface area contributed by atoms with Gasteiger partial charge in [-0.05, 0) is 31.0 Å². The van der Waals surface area contributed by atoms with Crippen LogP contribution in [0, 0.1) is 0 Å². The van der Waals surface area contributed by atoms with Gasteiger partial charge in [-0.25, -0.2) is 4.79 Å². The predicted octanol–water partition coefficient (Wildman–Crippen LogP) is 4.02. The van der Waals surface area contributed by atoms with Gasteiger partial charge < -0.3 is 21.3 Å². The number of nitrogens with two attached hydrogens (primary N) is 1. The summed E-state index contributed by atoms with van der Waals surface area (Å²) in [6.45, 7) is 4.70. The molecule has 0 heterocycles. The van der Waals surface area contributed by atoms with Gasteiger partial charge in [-0.15, -0.1) is 0 Å². The van der Waals surface area contributed by atoms with Crippen LogP contribution in [0.1, 0.15) is 38.4 Å². The molecule has 0 saturated heterocycles. The van der Waals surface area contributed by atoms with Crippen LogP contribution < -0.4 is 11.1 Å². The first-order valence-electron chi connectivity index (χ1n) is 7.36. The van der Waals surface area contributed by atoms with E-state index >= 15 is 0 Å². The Morgan fingerprint density at radius 3 is 2.12 bits per heavy atom. The van der Waals surface area contributed by atoms with Gasteiger partial charge in [-0.1, -0.05) is 36.5 Å². The molecule has 2 atom stereocenters. The largest absolute Gasteiger partial charge is 0.490 e. The number of hydrogen-bond acceptors (Lipinski definition) is 4. The van der Waals surface area contributed by atoms with Gasteiger partial charge >= 0.3 is 12.1 Å². The smallest absolute Gasteiger partial charge is 0.475 e. The monoisotopic (exact) mass is 404 g/mol. The lowest BCUT2D eigenvalue weighted by molar-refractivity contribution is -0.192. The van der Waals surface area contributed by atoms with Crippen molar-refractivity contribution in [2.24, 2.45) is 0 Å². The SMILES string of the molecule is CCCC(C)NCC(O)c1cc(Cl)c(N)c(Cl)c1.O=C(O)C(F)(F)F. The van der Waals surface area contributed by atoms with Crippen molar-refractivity contribution in [3.05, 3.63) is 27.7 Å². The van der Waals surface area contributed by atoms with Gasteiger partial charge in [0, 0.05) is 12.6 Å². The first kappa shape index (κ1) is 23.8. The molecule has 5 nitrogen and oxygen atoms in total. The van der Waals surface area contributed by atoms with Crippen LogP contribution >= 0.6 is 23.2 Å². The number of nitrogens with one attached hydrogen (secondary N) is 1. The zero-order chi connectivity index (χ0) is 19.8. The zero-order valence-corrected chi connectivity index (χ0v) is 15.2. The molecule has 0 amide bonds. The molecule has 5 N–H and O–H groups in total. The molecule has 1 aromatic carbocycles. The van der Waals surface area contributed by atoms with Crippen molar-refractivity contribution >= 4 is 34.9 Å². The fourth-order valence-corrected chi connectivity index (χ4v) is 2.27. The highest BCUT2D eigenvalue weighted by molar-refractivity contribution is 6.38. The van der Waals surface area contributed by atoms with Crippen molar-refractivity contribution in [1.29, 1.82) is 0 Å². The van der Waals surface area contributed by atoms with Crippen molar-refractivity contribution in [3.8, 4) is 0 Å². The maximum Gasteiger partial charge on any atom is 0.490 e. The van der Waals surface area contributed by atoms with Crippen molar-refractivity contribution in [2.45, 2.75) is 45.0 Å². The summed E-state index contributed by atoms with van der Waals surface area (Å²) >= 11 is 11.9. The van der Waals surface area contributed by atoms with E-state index in [9.17, 15) is 18.3 Å². The van der Waals surface area contributed by atoms with Crippen LogP contribution in [0.25, 0.3) is 0 Å². The van der Waals surface area contributed by atoms with Gasteiger partial charge in [0.25, 0.3) is 0 Å². The molecule has 0 aliphatic carbocycles. The number of hydrogen-bond donors (Lipinski definition) is 4. The van der Waals surface area contributed by atoms with E-state index in [0.717, 1.165) is 12.8 Å². The molecule has 0 aliphatic rings. The summed E-state index contributed by atoms with van der Waals surface area (Å²) in [6, 6.07) is 3.68. The number of nitrogen functional groups attached to an aromatic ring is 1. The third-order valence-electron chi connectivity index (χ3n) is 3.11. The van der Waals surface area contributed by atoms with E-state index in [1.807, 2.05) is 0 Å². The summed E-state index contributed by atoms with van der Waals surface area (Å²) in [5.41, 5.74) is 6.68. The minimum atomic E-state index is -5.08. The van der Waals surface area contributed by atoms with Crippen LogP contribution in [0.4, 0.5) is 18.9 Å². The average Bonchev–Trinajstić information content (AvgIpc) is 2.49. The minimum absolute atomic E-state index is 0.349. The number of carboxylic acid groups (broad SMARTS) is 1. The molecule has 0 saturated carbocycles. The van der Waals surface area contributed by atoms with Crippen LogP contribution in [0.3, 0.4) is 0 Å². The summed E-state index contributed by atoms with van der Waals surface area (Å²) in [5.74, 6) is -2.76. The van der Waals surface area contributed by atoms with Crippen LogP contribution in [-0.2, 0) is 4.79 Å². The van der Waals surface area contributed by atoms with E-state index in [-0.39, 0.29) is 0 Å². The topological polar surface area (TPSA) is 95.6 Å². The molecule has 1 rings (SSSR count). The van der Waals surface area contributed by atoms with E-state index < -0.39 is 18.2 Å². The molecule has 0 radical (unpaired) electrons. The summed E-state index contributed by atoms with van der Waals surface area (Å²) in [5, 5.41) is 21.2. The minimum Gasteiger partial charge on any atom is -0.475 e. The highest BCUT2D eigenvalue weighted by Gasteiger charge is 2.38. The highest BCUT2D eigenvalue weighted by Crippen LogP contribution is 2.31. The molecule has 144 valence electrons. The molecule has 2 unspecified atom stereocenters. The Balaban J connectivity index is 0.000000697. The number of halogens is 5. The van der Waals surface area contributed by atoms with E-state index in [1.165, 1.54) is 0 Å². The number of alkyl halides is 3. The maximum absolute atomic E-state index is 10.6. The van der Waals surface area contributed by atoms with Gasteiger partial charge in [-0.2, -0.15) is 13.2 Å². The Bertz CT molecular complexity index is 548. The number of aliphatic hydroxyl groups excluding tert-OH is 1. The number of aliphatic hydroxyl groups is 1. The average molecular weight is 405 g/mol. The van der Waals surface area contributed by atoms with Crippen molar-refractivity contribution in [2.75, 3.05) is 12.3 Å². The van der Waals surface area contributed by atoms with Gasteiger partial charge in [0.15, 0.2) is 0 Å². The molecule has 0 spiro atoms. The standard InChI is InChI=1S/C13H20Cl2N2O.C2HF3O2/c1-3-4-8(2)17-7-12(18)9-5-10(14)13(16)11(15)6-9;3-2(4,5)1(6)7/h5-6,8,12,17-18H,3-4,7,16H2,1-2H3;(H,6,7). The number of anilines is 1. The number of benzene rings is 1. The molecular weight excluding hydrogens is 384 g/mol. The Labute approximate surface area is 153 Å². The molecule has 0 aliphatic heterocycles. The Morgan fingerprint density at radius 1 is 1.32 bits per heavy atom. The summed E-state index contributed by atoms with van der Waals surface area (Å²) in [4.78, 5) is 8.90. The van der Waals surface area contributed by atoms with Crippen LogP contribution in [0.5, 0.6) is 0 Å². The maximum atomic E-state index is 10.6. The van der Waals surface area contributed by atoms with E-state index in [1.54, 1.807) is 12.1 Å². The first-order chi connectivity index (χ1) is 11.4. The lowest BCUT2D eigenvalue weighted by Crippen LogP contribution is -2.30. The lowest BCUT2D eigenvalue weighted by Gasteiger charge is -2.17. The third-order valence-corrected chi connectivity index (χ3v) is 3.74. The molecule has 0 bridgehead atoms. The Morgan fingerprint density at radius 2 is 1.76 bits per heavy atom. The first-order valence-corrected chi connectivity index (χ1v) is 8.11. The predicted molar refractivity (Wildman–Crippen MR) is 91.9 cm³/mol. The van der Waals surface area contributed by atoms with Gasteiger partial charge in [-0.3, -0.25) is 0 Å². The van der Waals surface area contributed by atoms with Crippen molar-refractivity contribution in [3.63, 3.8) is 0 Å². The van der Waals surface area contributed by atoms with E-state index in [0.29, 0.717) is 33.9 Å². The van der Waals surface area contributed by atoms with Crippen LogP contribution in [0.2, 0.25) is 10.0 Å². The molecular formula is C15H21Cl2F3N2O3. The zero-order valence-electron chi connectivity index (χ0n) is 13.7. The second-order valence-corrected chi connectivity index (χ2v) is 6.13. The third kappa shape index (κ3) is 9.15. The number of carboxylic acids is 1. The number of aliphatic carboxylic acids is 1. The summed E-state index contributed by atoms with van der Waals surface area (Å²) in [6.07, 6.45) is -3.53. The molecule has 10 heteroatoms. The van der Waals surface area contributed by atoms with E-state index in [2.05, 4.69) is 19.2 Å². The quantitative estimate of drug-likeness (QED) is 0.537. The fourth-order valence-electron chi connectivity index (χ4n) is 1.76. The molecule has 0 aromatic heterocycles. The van der Waals surface area contributed by atoms with Crippen LogP contribution in [0.15, 0.2) is 12.1 Å². The molecule has 25 heavy (non-hydrogen) atoms. The Hall–Kier alpha value is -1.22.